The minimum atomic E-state index is -0.266. The summed E-state index contributed by atoms with van der Waals surface area (Å²) in [7, 11) is 0. The average molecular weight is 277 g/mol. The number of H-pyrrole nitrogens is 1. The van der Waals surface area contributed by atoms with Crippen molar-refractivity contribution >= 4 is 17.5 Å². The zero-order valence-electron chi connectivity index (χ0n) is 10.2. The van der Waals surface area contributed by atoms with E-state index in [0.717, 1.165) is 24.2 Å². The molecule has 2 N–H and O–H groups in total. The summed E-state index contributed by atoms with van der Waals surface area (Å²) < 4.78 is 0. The number of carbonyl (C=O) groups excluding carboxylic acids is 1. The third kappa shape index (κ3) is 2.93. The molecule has 0 spiro atoms. The molecule has 1 aromatic heterocycles. The molecular weight excluding hydrogens is 264 g/mol. The van der Waals surface area contributed by atoms with Gasteiger partial charge in [-0.2, -0.15) is 0 Å². The topological polar surface area (TPSA) is 70.7 Å². The van der Waals surface area contributed by atoms with E-state index in [0.29, 0.717) is 17.5 Å². The Bertz CT molecular complexity index is 589. The van der Waals surface area contributed by atoms with Crippen molar-refractivity contribution in [1.82, 2.24) is 20.5 Å². The van der Waals surface area contributed by atoms with Crippen LogP contribution in [0.1, 0.15) is 40.8 Å². The van der Waals surface area contributed by atoms with E-state index in [1.165, 1.54) is 0 Å². The molecule has 6 heteroatoms. The first kappa shape index (κ1) is 12.2. The summed E-state index contributed by atoms with van der Waals surface area (Å²) in [5.74, 6) is 1.22. The molecule has 2 aromatic rings. The van der Waals surface area contributed by atoms with Gasteiger partial charge in [-0.15, -0.1) is 5.10 Å². The summed E-state index contributed by atoms with van der Waals surface area (Å²) in [6.07, 6.45) is 2.25. The van der Waals surface area contributed by atoms with Crippen molar-refractivity contribution in [1.29, 1.82) is 0 Å². The molecule has 0 aliphatic heterocycles. The Kier molecular flexibility index (Phi) is 3.21. The Morgan fingerprint density at radius 3 is 2.79 bits per heavy atom. The Labute approximate surface area is 115 Å². The molecule has 19 heavy (non-hydrogen) atoms. The number of rotatable bonds is 4. The molecule has 0 saturated heterocycles. The van der Waals surface area contributed by atoms with Gasteiger partial charge in [0, 0.05) is 17.5 Å². The van der Waals surface area contributed by atoms with Crippen molar-refractivity contribution < 1.29 is 4.79 Å². The van der Waals surface area contributed by atoms with Gasteiger partial charge < -0.3 is 5.32 Å². The Hall–Kier alpha value is -1.88. The fraction of sp³-hybridized carbons (Fsp3) is 0.308. The largest absolute Gasteiger partial charge is 0.345 e. The van der Waals surface area contributed by atoms with Gasteiger partial charge >= 0.3 is 0 Å². The number of benzene rings is 1. The number of nitrogens with zero attached hydrogens (tertiary/aromatic N) is 2. The van der Waals surface area contributed by atoms with Gasteiger partial charge in [-0.3, -0.25) is 9.89 Å². The first-order chi connectivity index (χ1) is 9.22. The Morgan fingerprint density at radius 2 is 2.11 bits per heavy atom. The molecule has 5 nitrogen and oxygen atoms in total. The fourth-order valence-electron chi connectivity index (χ4n) is 1.78. The lowest BCUT2D eigenvalue weighted by atomic mass is 10.2. The number of aromatic nitrogens is 3. The van der Waals surface area contributed by atoms with Crippen LogP contribution in [0.25, 0.3) is 0 Å². The van der Waals surface area contributed by atoms with E-state index in [9.17, 15) is 4.79 Å². The summed E-state index contributed by atoms with van der Waals surface area (Å²) in [5.41, 5.74) is 0.982. The third-order valence-electron chi connectivity index (χ3n) is 3.04. The first-order valence-corrected chi connectivity index (χ1v) is 6.55. The van der Waals surface area contributed by atoms with Gasteiger partial charge in [-0.25, -0.2) is 4.98 Å². The quantitative estimate of drug-likeness (QED) is 0.900. The molecule has 1 aliphatic rings. The van der Waals surface area contributed by atoms with Crippen molar-refractivity contribution in [3.05, 3.63) is 46.5 Å². The molecular formula is C13H13ClN4O. The van der Waals surface area contributed by atoms with Crippen LogP contribution >= 0.6 is 11.6 Å². The predicted molar refractivity (Wildman–Crippen MR) is 71.0 cm³/mol. The van der Waals surface area contributed by atoms with E-state index < -0.39 is 0 Å². The lowest BCUT2D eigenvalue weighted by Gasteiger charge is -2.02. The van der Waals surface area contributed by atoms with E-state index in [1.807, 2.05) is 12.1 Å². The van der Waals surface area contributed by atoms with Gasteiger partial charge in [0.05, 0.1) is 0 Å². The van der Waals surface area contributed by atoms with Gasteiger partial charge in [0.25, 0.3) is 5.91 Å². The SMILES string of the molecule is O=C(NCc1ccc(Cl)cc1)c1n[nH]c(C2CC2)n1. The number of nitrogens with one attached hydrogen (secondary N) is 2. The summed E-state index contributed by atoms with van der Waals surface area (Å²) in [6.45, 7) is 0.434. The van der Waals surface area contributed by atoms with E-state index in [-0.39, 0.29) is 11.7 Å². The van der Waals surface area contributed by atoms with E-state index in [1.54, 1.807) is 12.1 Å². The molecule has 1 aromatic carbocycles. The molecule has 0 radical (unpaired) electrons. The van der Waals surface area contributed by atoms with Gasteiger partial charge in [0.1, 0.15) is 5.82 Å². The molecule has 0 atom stereocenters. The average Bonchev–Trinajstić information content (AvgIpc) is 3.15. The van der Waals surface area contributed by atoms with Crippen LogP contribution in [-0.4, -0.2) is 21.1 Å². The van der Waals surface area contributed by atoms with Crippen LogP contribution in [0.2, 0.25) is 5.02 Å². The number of carbonyl (C=O) groups is 1. The molecule has 0 bridgehead atoms. The highest BCUT2D eigenvalue weighted by molar-refractivity contribution is 6.30. The highest BCUT2D eigenvalue weighted by Gasteiger charge is 2.28. The maximum Gasteiger partial charge on any atom is 0.291 e. The normalized spacial score (nSPS) is 14.4. The molecule has 1 aliphatic carbocycles. The smallest absolute Gasteiger partial charge is 0.291 e. The van der Waals surface area contributed by atoms with Crippen molar-refractivity contribution in [2.75, 3.05) is 0 Å². The van der Waals surface area contributed by atoms with Crippen LogP contribution in [-0.2, 0) is 6.54 Å². The van der Waals surface area contributed by atoms with Crippen molar-refractivity contribution in [2.45, 2.75) is 25.3 Å². The van der Waals surface area contributed by atoms with Crippen LogP contribution in [0.15, 0.2) is 24.3 Å². The van der Waals surface area contributed by atoms with Crippen LogP contribution in [0.4, 0.5) is 0 Å². The van der Waals surface area contributed by atoms with Gasteiger partial charge in [-0.05, 0) is 30.5 Å². The van der Waals surface area contributed by atoms with Crippen molar-refractivity contribution in [2.24, 2.45) is 0 Å². The minimum Gasteiger partial charge on any atom is -0.345 e. The van der Waals surface area contributed by atoms with Gasteiger partial charge in [-0.1, -0.05) is 23.7 Å². The fourth-order valence-corrected chi connectivity index (χ4v) is 1.90. The summed E-state index contributed by atoms with van der Waals surface area (Å²) in [5, 5.41) is 10.2. The molecule has 1 amide bonds. The monoisotopic (exact) mass is 276 g/mol. The molecule has 1 saturated carbocycles. The highest BCUT2D eigenvalue weighted by Crippen LogP contribution is 2.37. The number of aromatic amines is 1. The van der Waals surface area contributed by atoms with Crippen LogP contribution in [0.5, 0.6) is 0 Å². The number of amides is 1. The predicted octanol–water partition coefficient (Wildman–Crippen LogP) is 2.27. The molecule has 1 heterocycles. The number of halogens is 1. The molecule has 0 unspecified atom stereocenters. The van der Waals surface area contributed by atoms with E-state index >= 15 is 0 Å². The van der Waals surface area contributed by atoms with Crippen molar-refractivity contribution in [3.8, 4) is 0 Å². The zero-order valence-corrected chi connectivity index (χ0v) is 10.9. The van der Waals surface area contributed by atoms with Crippen LogP contribution in [0, 0.1) is 0 Å². The maximum absolute atomic E-state index is 11.9. The molecule has 3 rings (SSSR count). The van der Waals surface area contributed by atoms with Crippen molar-refractivity contribution in [3.63, 3.8) is 0 Å². The summed E-state index contributed by atoms with van der Waals surface area (Å²) in [6, 6.07) is 7.33. The lowest BCUT2D eigenvalue weighted by Crippen LogP contribution is -2.24. The van der Waals surface area contributed by atoms with Crippen LogP contribution in [0.3, 0.4) is 0 Å². The second kappa shape index (κ2) is 5.01. The standard InChI is InChI=1S/C13H13ClN4O/c14-10-5-1-8(2-6-10)7-15-13(19)12-16-11(17-18-12)9-3-4-9/h1-2,5-6,9H,3-4,7H2,(H,15,19)(H,16,17,18). The zero-order chi connectivity index (χ0) is 13.2. The van der Waals surface area contributed by atoms with Gasteiger partial charge in [0.15, 0.2) is 0 Å². The lowest BCUT2D eigenvalue weighted by molar-refractivity contribution is 0.0941. The summed E-state index contributed by atoms with van der Waals surface area (Å²) >= 11 is 5.80. The second-order valence-electron chi connectivity index (χ2n) is 4.63. The number of hydrogen-bond acceptors (Lipinski definition) is 3. The molecule has 1 fully saturated rings. The van der Waals surface area contributed by atoms with E-state index in [2.05, 4.69) is 20.5 Å². The van der Waals surface area contributed by atoms with E-state index in [4.69, 9.17) is 11.6 Å². The highest BCUT2D eigenvalue weighted by atomic mass is 35.5. The second-order valence-corrected chi connectivity index (χ2v) is 5.06. The minimum absolute atomic E-state index is 0.205. The first-order valence-electron chi connectivity index (χ1n) is 6.17. The van der Waals surface area contributed by atoms with Gasteiger partial charge in [0.2, 0.25) is 5.82 Å². The Balaban J connectivity index is 1.59. The van der Waals surface area contributed by atoms with Crippen LogP contribution < -0.4 is 5.32 Å². The molecule has 98 valence electrons. The Morgan fingerprint density at radius 1 is 1.37 bits per heavy atom. The maximum atomic E-state index is 11.9. The number of hydrogen-bond donors (Lipinski definition) is 2. The summed E-state index contributed by atoms with van der Waals surface area (Å²) in [4.78, 5) is 16.1. The third-order valence-corrected chi connectivity index (χ3v) is 3.29.